The van der Waals surface area contributed by atoms with Crippen LogP contribution >= 0.6 is 15.9 Å². The van der Waals surface area contributed by atoms with Gasteiger partial charge in [0.15, 0.2) is 0 Å². The van der Waals surface area contributed by atoms with E-state index in [1.54, 1.807) is 11.0 Å². The molecule has 0 spiro atoms. The van der Waals surface area contributed by atoms with Crippen molar-refractivity contribution in [2.75, 3.05) is 11.9 Å². The third kappa shape index (κ3) is 3.95. The molecule has 110 valence electrons. The van der Waals surface area contributed by atoms with Gasteiger partial charge in [0.05, 0.1) is 23.7 Å². The largest absolute Gasteiger partial charge is 0.478 e. The molecule has 1 aliphatic carbocycles. The van der Waals surface area contributed by atoms with Gasteiger partial charge >= 0.3 is 12.0 Å². The second kappa shape index (κ2) is 6.59. The summed E-state index contributed by atoms with van der Waals surface area (Å²) >= 11 is 3.28. The van der Waals surface area contributed by atoms with Gasteiger partial charge in [-0.05, 0) is 47.0 Å². The van der Waals surface area contributed by atoms with Crippen molar-refractivity contribution in [1.82, 2.24) is 4.90 Å². The van der Waals surface area contributed by atoms with E-state index in [2.05, 4.69) is 21.2 Å². The summed E-state index contributed by atoms with van der Waals surface area (Å²) in [6.07, 6.45) is 2.16. The molecule has 0 aromatic heterocycles. The zero-order valence-electron chi connectivity index (χ0n) is 11.2. The minimum Gasteiger partial charge on any atom is -0.478 e. The molecule has 21 heavy (non-hydrogen) atoms. The first-order valence-electron chi connectivity index (χ1n) is 6.50. The Hall–Kier alpha value is -2.07. The van der Waals surface area contributed by atoms with Crippen LogP contribution in [0.5, 0.6) is 0 Å². The van der Waals surface area contributed by atoms with Gasteiger partial charge in [0.2, 0.25) is 0 Å². The van der Waals surface area contributed by atoms with E-state index in [4.69, 9.17) is 10.4 Å². The lowest BCUT2D eigenvalue weighted by molar-refractivity contribution is 0.0697. The second-order valence-corrected chi connectivity index (χ2v) is 5.62. The number of aromatic carboxylic acids is 1. The SMILES string of the molecule is N#CCCN(C(=O)Nc1cc(C(=O)O)ccc1Br)C1CC1. The number of urea groups is 1. The summed E-state index contributed by atoms with van der Waals surface area (Å²) < 4.78 is 0.608. The van der Waals surface area contributed by atoms with Crippen molar-refractivity contribution >= 4 is 33.6 Å². The molecule has 0 heterocycles. The third-order valence-corrected chi connectivity index (χ3v) is 3.86. The molecule has 1 aromatic carbocycles. The quantitative estimate of drug-likeness (QED) is 0.852. The molecular formula is C14H14BrN3O3. The van der Waals surface area contributed by atoms with Gasteiger partial charge in [-0.3, -0.25) is 0 Å². The summed E-state index contributed by atoms with van der Waals surface area (Å²) in [5, 5.41) is 20.3. The van der Waals surface area contributed by atoms with Crippen LogP contribution in [0, 0.1) is 11.3 Å². The number of nitrogens with one attached hydrogen (secondary N) is 1. The smallest absolute Gasteiger partial charge is 0.335 e. The molecule has 1 aromatic rings. The van der Waals surface area contributed by atoms with Crippen LogP contribution in [0.2, 0.25) is 0 Å². The molecule has 0 unspecified atom stereocenters. The summed E-state index contributed by atoms with van der Waals surface area (Å²) in [6.45, 7) is 0.378. The first-order valence-corrected chi connectivity index (χ1v) is 7.29. The Morgan fingerprint density at radius 1 is 1.48 bits per heavy atom. The monoisotopic (exact) mass is 351 g/mol. The highest BCUT2D eigenvalue weighted by Gasteiger charge is 2.32. The molecule has 1 saturated carbocycles. The van der Waals surface area contributed by atoms with Gasteiger partial charge in [-0.25, -0.2) is 9.59 Å². The van der Waals surface area contributed by atoms with Crippen LogP contribution in [0.4, 0.5) is 10.5 Å². The van der Waals surface area contributed by atoms with Gasteiger partial charge in [-0.1, -0.05) is 0 Å². The third-order valence-electron chi connectivity index (χ3n) is 3.17. The average Bonchev–Trinajstić information content (AvgIpc) is 3.26. The molecule has 0 saturated heterocycles. The number of carboxylic acids is 1. The summed E-state index contributed by atoms with van der Waals surface area (Å²) in [6, 6.07) is 6.33. The fraction of sp³-hybridized carbons (Fsp3) is 0.357. The number of hydrogen-bond donors (Lipinski definition) is 2. The van der Waals surface area contributed by atoms with Crippen LogP contribution in [-0.2, 0) is 0 Å². The molecule has 1 aliphatic rings. The maximum Gasteiger partial charge on any atom is 0.335 e. The summed E-state index contributed by atoms with van der Waals surface area (Å²) in [5.74, 6) is -1.05. The van der Waals surface area contributed by atoms with E-state index < -0.39 is 5.97 Å². The van der Waals surface area contributed by atoms with Crippen LogP contribution in [0.15, 0.2) is 22.7 Å². The number of hydrogen-bond acceptors (Lipinski definition) is 3. The van der Waals surface area contributed by atoms with Crippen LogP contribution in [0.1, 0.15) is 29.6 Å². The predicted octanol–water partition coefficient (Wildman–Crippen LogP) is 3.06. The standard InChI is InChI=1S/C14H14BrN3O3/c15-11-5-2-9(13(19)20)8-12(11)17-14(21)18(7-1-6-16)10-3-4-10/h2,5,8,10H,1,3-4,7H2,(H,17,21)(H,19,20). The molecule has 6 nitrogen and oxygen atoms in total. The van der Waals surface area contributed by atoms with E-state index >= 15 is 0 Å². The maximum atomic E-state index is 12.3. The summed E-state index contributed by atoms with van der Waals surface area (Å²) in [5.41, 5.74) is 0.506. The van der Waals surface area contributed by atoms with Crippen molar-refractivity contribution in [3.05, 3.63) is 28.2 Å². The highest BCUT2D eigenvalue weighted by molar-refractivity contribution is 9.10. The number of rotatable bonds is 5. The van der Waals surface area contributed by atoms with Crippen molar-refractivity contribution in [2.24, 2.45) is 0 Å². The zero-order chi connectivity index (χ0) is 15.4. The van der Waals surface area contributed by atoms with Crippen molar-refractivity contribution in [3.63, 3.8) is 0 Å². The van der Waals surface area contributed by atoms with Gasteiger partial charge in [0, 0.05) is 17.1 Å². The Bertz CT molecular complexity index is 608. The van der Waals surface area contributed by atoms with Gasteiger partial charge in [-0.15, -0.1) is 0 Å². The Balaban J connectivity index is 2.12. The Labute approximate surface area is 130 Å². The number of benzene rings is 1. The molecular weight excluding hydrogens is 338 g/mol. The normalized spacial score (nSPS) is 13.3. The van der Waals surface area contributed by atoms with E-state index in [0.717, 1.165) is 12.8 Å². The zero-order valence-corrected chi connectivity index (χ0v) is 12.8. The molecule has 2 amide bonds. The first kappa shape index (κ1) is 15.3. The highest BCUT2D eigenvalue weighted by atomic mass is 79.9. The predicted molar refractivity (Wildman–Crippen MR) is 80.1 cm³/mol. The van der Waals surface area contributed by atoms with E-state index in [1.807, 2.05) is 6.07 Å². The van der Waals surface area contributed by atoms with Gasteiger partial charge in [0.1, 0.15) is 0 Å². The molecule has 0 bridgehead atoms. The molecule has 7 heteroatoms. The molecule has 0 atom stereocenters. The van der Waals surface area contributed by atoms with Crippen LogP contribution in [0.3, 0.4) is 0 Å². The summed E-state index contributed by atoms with van der Waals surface area (Å²) in [4.78, 5) is 24.9. The molecule has 2 rings (SSSR count). The van der Waals surface area contributed by atoms with Crippen LogP contribution in [0.25, 0.3) is 0 Å². The maximum absolute atomic E-state index is 12.3. The van der Waals surface area contributed by atoms with Crippen molar-refractivity contribution in [1.29, 1.82) is 5.26 Å². The fourth-order valence-electron chi connectivity index (χ4n) is 1.95. The first-order chi connectivity index (χ1) is 10.0. The number of nitriles is 1. The Morgan fingerprint density at radius 3 is 2.76 bits per heavy atom. The van der Waals surface area contributed by atoms with Gasteiger partial charge in [0.25, 0.3) is 0 Å². The molecule has 0 aliphatic heterocycles. The number of halogens is 1. The highest BCUT2D eigenvalue weighted by Crippen LogP contribution is 2.29. The Morgan fingerprint density at radius 2 is 2.19 bits per heavy atom. The number of amides is 2. The van der Waals surface area contributed by atoms with Crippen molar-refractivity contribution in [3.8, 4) is 6.07 Å². The van der Waals surface area contributed by atoms with E-state index in [0.29, 0.717) is 16.7 Å². The fourth-order valence-corrected chi connectivity index (χ4v) is 2.29. The second-order valence-electron chi connectivity index (χ2n) is 4.76. The Kier molecular flexibility index (Phi) is 4.81. The summed E-state index contributed by atoms with van der Waals surface area (Å²) in [7, 11) is 0. The minimum absolute atomic E-state index is 0.100. The van der Waals surface area contributed by atoms with Crippen molar-refractivity contribution < 1.29 is 14.7 Å². The molecule has 2 N–H and O–H groups in total. The van der Waals surface area contributed by atoms with Crippen LogP contribution in [-0.4, -0.2) is 34.6 Å². The molecule has 0 radical (unpaired) electrons. The molecule has 1 fully saturated rings. The topological polar surface area (TPSA) is 93.4 Å². The van der Waals surface area contributed by atoms with Crippen LogP contribution < -0.4 is 5.32 Å². The lowest BCUT2D eigenvalue weighted by Gasteiger charge is -2.22. The van der Waals surface area contributed by atoms with E-state index in [-0.39, 0.29) is 24.1 Å². The van der Waals surface area contributed by atoms with Crippen molar-refractivity contribution in [2.45, 2.75) is 25.3 Å². The average molecular weight is 352 g/mol. The number of anilines is 1. The number of carbonyl (C=O) groups excluding carboxylic acids is 1. The lowest BCUT2D eigenvalue weighted by atomic mass is 10.2. The van der Waals surface area contributed by atoms with Gasteiger partial charge < -0.3 is 15.3 Å². The lowest BCUT2D eigenvalue weighted by Crippen LogP contribution is -2.37. The van der Waals surface area contributed by atoms with E-state index in [9.17, 15) is 9.59 Å². The van der Waals surface area contributed by atoms with Gasteiger partial charge in [-0.2, -0.15) is 5.26 Å². The van der Waals surface area contributed by atoms with E-state index in [1.165, 1.54) is 12.1 Å². The number of nitrogens with zero attached hydrogens (tertiary/aromatic N) is 2. The number of carboxylic acid groups (broad SMARTS) is 1. The number of carbonyl (C=O) groups is 2. The minimum atomic E-state index is -1.05.